The maximum atomic E-state index is 12.6. The molecule has 1 atom stereocenters. The van der Waals surface area contributed by atoms with Gasteiger partial charge < -0.3 is 9.64 Å². The lowest BCUT2D eigenvalue weighted by Gasteiger charge is -2.25. The molecule has 0 heterocycles. The average molecular weight is 377 g/mol. The van der Waals surface area contributed by atoms with Gasteiger partial charge in [-0.3, -0.25) is 0 Å². The summed E-state index contributed by atoms with van der Waals surface area (Å²) in [5.74, 6) is 0.753. The first kappa shape index (κ1) is 20.4. The molecule has 0 fully saturated rings. The Balaban J connectivity index is 2.14. The van der Waals surface area contributed by atoms with E-state index in [1.807, 2.05) is 55.4 Å². The number of nitrogens with one attached hydrogen (secondary N) is 1. The van der Waals surface area contributed by atoms with E-state index in [1.165, 1.54) is 0 Å². The van der Waals surface area contributed by atoms with Crippen LogP contribution in [0.2, 0.25) is 0 Å². The standard InChI is InChI=1S/C20H28N2O3S/c1-5-7-16-10-12-19(13-11-16)26(23,24)21-15-20(22(2)3)17-8-6-9-18(14-17)25-4/h6,8-14,20-21H,5,7,15H2,1-4H3. The Morgan fingerprint density at radius 1 is 1.12 bits per heavy atom. The summed E-state index contributed by atoms with van der Waals surface area (Å²) in [5.41, 5.74) is 2.14. The summed E-state index contributed by atoms with van der Waals surface area (Å²) in [5, 5.41) is 0. The van der Waals surface area contributed by atoms with Crippen LogP contribution in [-0.2, 0) is 16.4 Å². The van der Waals surface area contributed by atoms with E-state index in [0.29, 0.717) is 4.90 Å². The lowest BCUT2D eigenvalue weighted by molar-refractivity contribution is 0.298. The Morgan fingerprint density at radius 3 is 2.38 bits per heavy atom. The van der Waals surface area contributed by atoms with Crippen molar-refractivity contribution in [3.63, 3.8) is 0 Å². The molecular formula is C20H28N2O3S. The molecule has 0 saturated carbocycles. The highest BCUT2D eigenvalue weighted by Gasteiger charge is 2.20. The van der Waals surface area contributed by atoms with Gasteiger partial charge in [0.1, 0.15) is 5.75 Å². The second-order valence-electron chi connectivity index (χ2n) is 6.50. The van der Waals surface area contributed by atoms with Gasteiger partial charge in [0.25, 0.3) is 0 Å². The topological polar surface area (TPSA) is 58.6 Å². The van der Waals surface area contributed by atoms with Gasteiger partial charge in [-0.2, -0.15) is 0 Å². The largest absolute Gasteiger partial charge is 0.497 e. The molecule has 0 aliphatic heterocycles. The van der Waals surface area contributed by atoms with Crippen LogP contribution in [0.15, 0.2) is 53.4 Å². The maximum absolute atomic E-state index is 12.6. The van der Waals surface area contributed by atoms with Crippen LogP contribution in [-0.4, -0.2) is 41.1 Å². The van der Waals surface area contributed by atoms with Crippen LogP contribution in [0.25, 0.3) is 0 Å². The number of likely N-dealkylation sites (N-methyl/N-ethyl adjacent to an activating group) is 1. The van der Waals surface area contributed by atoms with Gasteiger partial charge in [0.15, 0.2) is 0 Å². The zero-order chi connectivity index (χ0) is 19.2. The molecule has 0 aliphatic rings. The smallest absolute Gasteiger partial charge is 0.240 e. The number of aryl methyl sites for hydroxylation is 1. The van der Waals surface area contributed by atoms with Gasteiger partial charge in [0.05, 0.1) is 12.0 Å². The zero-order valence-electron chi connectivity index (χ0n) is 15.9. The molecule has 26 heavy (non-hydrogen) atoms. The van der Waals surface area contributed by atoms with Gasteiger partial charge in [-0.25, -0.2) is 13.1 Å². The molecule has 5 nitrogen and oxygen atoms in total. The van der Waals surface area contributed by atoms with Crippen molar-refractivity contribution in [3.8, 4) is 5.75 Å². The van der Waals surface area contributed by atoms with Gasteiger partial charge in [0.2, 0.25) is 10.0 Å². The molecule has 0 saturated heterocycles. The third-order valence-electron chi connectivity index (χ3n) is 4.34. The van der Waals surface area contributed by atoms with E-state index < -0.39 is 10.0 Å². The van der Waals surface area contributed by atoms with Gasteiger partial charge in [-0.1, -0.05) is 37.6 Å². The van der Waals surface area contributed by atoms with Crippen molar-refractivity contribution < 1.29 is 13.2 Å². The van der Waals surface area contributed by atoms with Crippen LogP contribution in [0.1, 0.15) is 30.5 Å². The summed E-state index contributed by atoms with van der Waals surface area (Å²) < 4.78 is 33.3. The highest BCUT2D eigenvalue weighted by molar-refractivity contribution is 7.89. The predicted octanol–water partition coefficient (Wildman–Crippen LogP) is 3.23. The third kappa shape index (κ3) is 5.30. The molecule has 1 unspecified atom stereocenters. The van der Waals surface area contributed by atoms with E-state index in [0.717, 1.165) is 29.7 Å². The third-order valence-corrected chi connectivity index (χ3v) is 5.78. The van der Waals surface area contributed by atoms with Crippen molar-refractivity contribution in [1.82, 2.24) is 9.62 Å². The number of ether oxygens (including phenoxy) is 1. The number of hydrogen-bond donors (Lipinski definition) is 1. The molecular weight excluding hydrogens is 348 g/mol. The fraction of sp³-hybridized carbons (Fsp3) is 0.400. The van der Waals surface area contributed by atoms with Gasteiger partial charge in [-0.05, 0) is 55.9 Å². The molecule has 0 spiro atoms. The molecule has 2 aromatic rings. The maximum Gasteiger partial charge on any atom is 0.240 e. The highest BCUT2D eigenvalue weighted by atomic mass is 32.2. The second-order valence-corrected chi connectivity index (χ2v) is 8.27. The normalized spacial score (nSPS) is 13.0. The van der Waals surface area contributed by atoms with E-state index in [9.17, 15) is 8.42 Å². The van der Waals surface area contributed by atoms with Gasteiger partial charge in [-0.15, -0.1) is 0 Å². The fourth-order valence-corrected chi connectivity index (χ4v) is 3.88. The summed E-state index contributed by atoms with van der Waals surface area (Å²) in [6.45, 7) is 2.38. The Bertz CT molecular complexity index is 802. The first-order valence-electron chi connectivity index (χ1n) is 8.76. The zero-order valence-corrected chi connectivity index (χ0v) is 16.7. The molecule has 0 amide bonds. The van der Waals surface area contributed by atoms with Crippen LogP contribution in [0, 0.1) is 0 Å². The number of hydrogen-bond acceptors (Lipinski definition) is 4. The number of benzene rings is 2. The Morgan fingerprint density at radius 2 is 1.81 bits per heavy atom. The molecule has 0 aromatic heterocycles. The lowest BCUT2D eigenvalue weighted by atomic mass is 10.1. The molecule has 6 heteroatoms. The summed E-state index contributed by atoms with van der Waals surface area (Å²) in [6, 6.07) is 14.7. The molecule has 2 aromatic carbocycles. The minimum Gasteiger partial charge on any atom is -0.497 e. The number of methoxy groups -OCH3 is 1. The van der Waals surface area contributed by atoms with Crippen molar-refractivity contribution in [1.29, 1.82) is 0 Å². The van der Waals surface area contributed by atoms with Crippen LogP contribution >= 0.6 is 0 Å². The van der Waals surface area contributed by atoms with Gasteiger partial charge >= 0.3 is 0 Å². The minimum atomic E-state index is -3.55. The highest BCUT2D eigenvalue weighted by Crippen LogP contribution is 2.23. The summed E-state index contributed by atoms with van der Waals surface area (Å²) in [4.78, 5) is 2.28. The predicted molar refractivity (Wildman–Crippen MR) is 105 cm³/mol. The quantitative estimate of drug-likeness (QED) is 0.730. The van der Waals surface area contributed by atoms with Crippen LogP contribution in [0.5, 0.6) is 5.75 Å². The average Bonchev–Trinajstić information content (AvgIpc) is 2.62. The van der Waals surface area contributed by atoms with Crippen LogP contribution < -0.4 is 9.46 Å². The first-order chi connectivity index (χ1) is 12.4. The molecule has 0 radical (unpaired) electrons. The second kappa shape index (κ2) is 9.16. The van der Waals surface area contributed by atoms with Crippen LogP contribution in [0.4, 0.5) is 0 Å². The Kier molecular flexibility index (Phi) is 7.20. The SMILES string of the molecule is CCCc1ccc(S(=O)(=O)NCC(c2cccc(OC)c2)N(C)C)cc1. The van der Waals surface area contributed by atoms with Crippen molar-refractivity contribution in [2.45, 2.75) is 30.7 Å². The van der Waals surface area contributed by atoms with E-state index >= 15 is 0 Å². The Labute approximate surface area is 157 Å². The van der Waals surface area contributed by atoms with Crippen molar-refractivity contribution in [2.24, 2.45) is 0 Å². The minimum absolute atomic E-state index is 0.0979. The lowest BCUT2D eigenvalue weighted by Crippen LogP contribution is -2.34. The summed E-state index contributed by atoms with van der Waals surface area (Å²) in [7, 11) is 1.92. The van der Waals surface area contributed by atoms with Crippen molar-refractivity contribution >= 4 is 10.0 Å². The molecule has 1 N–H and O–H groups in total. The Hall–Kier alpha value is -1.89. The number of rotatable bonds is 9. The number of sulfonamides is 1. The molecule has 0 bridgehead atoms. The summed E-state index contributed by atoms with van der Waals surface area (Å²) in [6.07, 6.45) is 1.99. The summed E-state index contributed by atoms with van der Waals surface area (Å²) >= 11 is 0. The first-order valence-corrected chi connectivity index (χ1v) is 10.2. The monoisotopic (exact) mass is 376 g/mol. The van der Waals surface area contributed by atoms with E-state index in [2.05, 4.69) is 11.6 Å². The molecule has 2 rings (SSSR count). The molecule has 142 valence electrons. The molecule has 0 aliphatic carbocycles. The fourth-order valence-electron chi connectivity index (χ4n) is 2.84. The van der Waals surface area contributed by atoms with Crippen LogP contribution in [0.3, 0.4) is 0 Å². The van der Waals surface area contributed by atoms with Crippen molar-refractivity contribution in [3.05, 3.63) is 59.7 Å². The van der Waals surface area contributed by atoms with E-state index in [1.54, 1.807) is 19.2 Å². The van der Waals surface area contributed by atoms with Gasteiger partial charge in [0, 0.05) is 12.6 Å². The van der Waals surface area contributed by atoms with E-state index in [4.69, 9.17) is 4.74 Å². The van der Waals surface area contributed by atoms with E-state index in [-0.39, 0.29) is 12.6 Å². The number of nitrogens with zero attached hydrogens (tertiary/aromatic N) is 1. The van der Waals surface area contributed by atoms with Crippen molar-refractivity contribution in [2.75, 3.05) is 27.7 Å².